The summed E-state index contributed by atoms with van der Waals surface area (Å²) in [5, 5.41) is 3.87. The van der Waals surface area contributed by atoms with Gasteiger partial charge in [0.1, 0.15) is 5.67 Å². The smallest absolute Gasteiger partial charge is 0.133 e. The van der Waals surface area contributed by atoms with Gasteiger partial charge < -0.3 is 5.32 Å². The van der Waals surface area contributed by atoms with E-state index in [9.17, 15) is 4.39 Å². The predicted octanol–water partition coefficient (Wildman–Crippen LogP) is 3.52. The first-order valence-corrected chi connectivity index (χ1v) is 6.11. The molecule has 2 unspecified atom stereocenters. The quantitative estimate of drug-likeness (QED) is 0.854. The maximum absolute atomic E-state index is 14.6. The first-order chi connectivity index (χ1) is 7.58. The van der Waals surface area contributed by atoms with Gasteiger partial charge in [-0.25, -0.2) is 4.39 Å². The summed E-state index contributed by atoms with van der Waals surface area (Å²) in [5.74, 6) is 0.439. The summed E-state index contributed by atoms with van der Waals surface area (Å²) in [5.41, 5.74) is -0.589. The summed E-state index contributed by atoms with van der Waals surface area (Å²) < 4.78 is 14.6. The fourth-order valence-corrected chi connectivity index (χ4v) is 2.55. The number of rotatable bonds is 3. The number of hydrogen-bond donors (Lipinski definition) is 1. The summed E-state index contributed by atoms with van der Waals surface area (Å²) in [6.45, 7) is 3.59. The third-order valence-corrected chi connectivity index (χ3v) is 3.50. The lowest BCUT2D eigenvalue weighted by Gasteiger charge is -2.24. The van der Waals surface area contributed by atoms with Crippen molar-refractivity contribution in [3.05, 3.63) is 34.9 Å². The van der Waals surface area contributed by atoms with Crippen molar-refractivity contribution in [2.45, 2.75) is 25.4 Å². The molecule has 0 radical (unpaired) electrons. The Morgan fingerprint density at radius 1 is 1.56 bits per heavy atom. The van der Waals surface area contributed by atoms with Gasteiger partial charge in [0.15, 0.2) is 0 Å². The van der Waals surface area contributed by atoms with E-state index in [1.165, 1.54) is 0 Å². The molecule has 2 rings (SSSR count). The zero-order chi connectivity index (χ0) is 11.6. The fourth-order valence-electron chi connectivity index (χ4n) is 2.36. The van der Waals surface area contributed by atoms with Gasteiger partial charge in [0.05, 0.1) is 0 Å². The molecule has 1 aliphatic rings. The first-order valence-electron chi connectivity index (χ1n) is 5.73. The Kier molecular flexibility index (Phi) is 3.50. The van der Waals surface area contributed by atoms with Gasteiger partial charge in [-0.2, -0.15) is 0 Å². The Labute approximate surface area is 101 Å². The van der Waals surface area contributed by atoms with Gasteiger partial charge in [-0.05, 0) is 56.5 Å². The molecule has 3 heteroatoms. The summed E-state index contributed by atoms with van der Waals surface area (Å²) in [4.78, 5) is 0. The van der Waals surface area contributed by atoms with Crippen LogP contribution in [-0.4, -0.2) is 13.1 Å². The second-order valence-corrected chi connectivity index (χ2v) is 5.21. The molecule has 1 aromatic rings. The third kappa shape index (κ3) is 2.74. The van der Waals surface area contributed by atoms with E-state index >= 15 is 0 Å². The van der Waals surface area contributed by atoms with E-state index in [1.807, 2.05) is 12.1 Å². The van der Waals surface area contributed by atoms with Crippen LogP contribution in [-0.2, 0) is 5.67 Å². The molecule has 2 atom stereocenters. The van der Waals surface area contributed by atoms with Gasteiger partial charge in [0, 0.05) is 5.02 Å². The number of alkyl halides is 1. The van der Waals surface area contributed by atoms with Crippen LogP contribution in [0.25, 0.3) is 0 Å². The SMILES string of the molecule is CC(F)(CC1CCNC1)c1cccc(Cl)c1. The molecule has 1 heterocycles. The van der Waals surface area contributed by atoms with E-state index < -0.39 is 5.67 Å². The van der Waals surface area contributed by atoms with Crippen molar-refractivity contribution >= 4 is 11.6 Å². The lowest BCUT2D eigenvalue weighted by molar-refractivity contribution is 0.150. The molecule has 1 nitrogen and oxygen atoms in total. The minimum atomic E-state index is -1.28. The second-order valence-electron chi connectivity index (χ2n) is 4.77. The topological polar surface area (TPSA) is 12.0 Å². The average molecular weight is 242 g/mol. The van der Waals surface area contributed by atoms with Gasteiger partial charge in [0.2, 0.25) is 0 Å². The van der Waals surface area contributed by atoms with Crippen LogP contribution in [0, 0.1) is 5.92 Å². The summed E-state index contributed by atoms with van der Waals surface area (Å²) in [6.07, 6.45) is 1.64. The number of benzene rings is 1. The maximum Gasteiger partial charge on any atom is 0.133 e. The molecule has 0 aromatic heterocycles. The molecule has 1 N–H and O–H groups in total. The Morgan fingerprint density at radius 3 is 3.00 bits per heavy atom. The van der Waals surface area contributed by atoms with E-state index in [2.05, 4.69) is 5.32 Å². The van der Waals surface area contributed by atoms with Crippen molar-refractivity contribution in [3.63, 3.8) is 0 Å². The van der Waals surface area contributed by atoms with Crippen molar-refractivity contribution in [3.8, 4) is 0 Å². The molecule has 0 spiro atoms. The van der Waals surface area contributed by atoms with Crippen molar-refractivity contribution in [2.24, 2.45) is 5.92 Å². The van der Waals surface area contributed by atoms with Crippen molar-refractivity contribution in [1.29, 1.82) is 0 Å². The molecule has 16 heavy (non-hydrogen) atoms. The molecule has 1 saturated heterocycles. The highest BCUT2D eigenvalue weighted by Crippen LogP contribution is 2.35. The van der Waals surface area contributed by atoms with Crippen LogP contribution in [0.1, 0.15) is 25.3 Å². The van der Waals surface area contributed by atoms with E-state index in [1.54, 1.807) is 19.1 Å². The minimum Gasteiger partial charge on any atom is -0.316 e. The largest absolute Gasteiger partial charge is 0.316 e. The molecular formula is C13H17ClFN. The second kappa shape index (κ2) is 4.72. The van der Waals surface area contributed by atoms with E-state index in [0.717, 1.165) is 19.5 Å². The van der Waals surface area contributed by atoms with Crippen molar-refractivity contribution in [2.75, 3.05) is 13.1 Å². The van der Waals surface area contributed by atoms with Crippen molar-refractivity contribution < 1.29 is 4.39 Å². The molecule has 1 fully saturated rings. The fraction of sp³-hybridized carbons (Fsp3) is 0.538. The van der Waals surface area contributed by atoms with Crippen LogP contribution in [0.5, 0.6) is 0 Å². The lowest BCUT2D eigenvalue weighted by Crippen LogP contribution is -2.21. The van der Waals surface area contributed by atoms with Gasteiger partial charge in [-0.3, -0.25) is 0 Å². The lowest BCUT2D eigenvalue weighted by atomic mass is 9.87. The summed E-state index contributed by atoms with van der Waals surface area (Å²) >= 11 is 5.89. The molecule has 0 saturated carbocycles. The maximum atomic E-state index is 14.6. The van der Waals surface area contributed by atoms with Gasteiger partial charge >= 0.3 is 0 Å². The van der Waals surface area contributed by atoms with Gasteiger partial charge in [-0.15, -0.1) is 0 Å². The number of hydrogen-bond acceptors (Lipinski definition) is 1. The van der Waals surface area contributed by atoms with Crippen LogP contribution in [0.2, 0.25) is 5.02 Å². The van der Waals surface area contributed by atoms with Crippen LogP contribution < -0.4 is 5.32 Å². The highest BCUT2D eigenvalue weighted by atomic mass is 35.5. The van der Waals surface area contributed by atoms with Crippen LogP contribution in [0.3, 0.4) is 0 Å². The summed E-state index contributed by atoms with van der Waals surface area (Å²) in [6, 6.07) is 7.12. The predicted molar refractivity (Wildman–Crippen MR) is 65.5 cm³/mol. The number of nitrogens with one attached hydrogen (secondary N) is 1. The van der Waals surface area contributed by atoms with Crippen LogP contribution in [0.15, 0.2) is 24.3 Å². The highest BCUT2D eigenvalue weighted by Gasteiger charge is 2.31. The van der Waals surface area contributed by atoms with E-state index in [-0.39, 0.29) is 0 Å². The summed E-state index contributed by atoms with van der Waals surface area (Å²) in [7, 11) is 0. The molecule has 1 aromatic carbocycles. The Bertz CT molecular complexity index is 359. The normalized spacial score (nSPS) is 24.3. The van der Waals surface area contributed by atoms with E-state index in [0.29, 0.717) is 22.9 Å². The third-order valence-electron chi connectivity index (χ3n) is 3.26. The average Bonchev–Trinajstić information content (AvgIpc) is 2.70. The highest BCUT2D eigenvalue weighted by molar-refractivity contribution is 6.30. The molecule has 1 aliphatic heterocycles. The standard InChI is InChI=1S/C13H17ClFN/c1-13(15,8-10-5-6-16-9-10)11-3-2-4-12(14)7-11/h2-4,7,10,16H,5-6,8-9H2,1H3. The van der Waals surface area contributed by atoms with Gasteiger partial charge in [0.25, 0.3) is 0 Å². The Hall–Kier alpha value is -0.600. The monoisotopic (exact) mass is 241 g/mol. The first kappa shape index (κ1) is 11.9. The molecule has 0 amide bonds. The molecular weight excluding hydrogens is 225 g/mol. The zero-order valence-corrected chi connectivity index (χ0v) is 10.2. The van der Waals surface area contributed by atoms with Crippen LogP contribution in [0.4, 0.5) is 4.39 Å². The molecule has 0 bridgehead atoms. The Morgan fingerprint density at radius 2 is 2.38 bits per heavy atom. The van der Waals surface area contributed by atoms with Gasteiger partial charge in [-0.1, -0.05) is 23.7 Å². The minimum absolute atomic E-state index is 0.439. The zero-order valence-electron chi connectivity index (χ0n) is 9.47. The number of halogens is 2. The van der Waals surface area contributed by atoms with Crippen molar-refractivity contribution in [1.82, 2.24) is 5.32 Å². The molecule has 0 aliphatic carbocycles. The van der Waals surface area contributed by atoms with E-state index in [4.69, 9.17) is 11.6 Å². The molecule has 88 valence electrons. The van der Waals surface area contributed by atoms with Crippen LogP contribution >= 0.6 is 11.6 Å². The Balaban J connectivity index is 2.10.